The lowest BCUT2D eigenvalue weighted by Gasteiger charge is -2.34. The van der Waals surface area contributed by atoms with Crippen LogP contribution in [-0.4, -0.2) is 35.0 Å². The van der Waals surface area contributed by atoms with E-state index in [1.165, 1.54) is 19.9 Å². The van der Waals surface area contributed by atoms with E-state index in [1.54, 1.807) is 0 Å². The van der Waals surface area contributed by atoms with Crippen LogP contribution in [0.4, 0.5) is 13.6 Å². The number of methoxy groups -OCH3 is 1. The zero-order valence-corrected chi connectivity index (χ0v) is 12.6. The number of hydrogen-bond donors (Lipinski definition) is 1. The van der Waals surface area contributed by atoms with Gasteiger partial charge in [0.25, 0.3) is 0 Å². The highest BCUT2D eigenvalue weighted by molar-refractivity contribution is 6.00. The van der Waals surface area contributed by atoms with Crippen molar-refractivity contribution in [1.82, 2.24) is 4.90 Å². The van der Waals surface area contributed by atoms with Crippen molar-refractivity contribution >= 4 is 17.9 Å². The Balaban J connectivity index is 2.69. The number of amides is 1. The number of carboxylic acid groups (broad SMARTS) is 1. The third-order valence-electron chi connectivity index (χ3n) is 3.46. The van der Waals surface area contributed by atoms with Gasteiger partial charge in [-0.2, -0.15) is 0 Å². The lowest BCUT2D eigenvalue weighted by atomic mass is 9.94. The number of carbonyl (C=O) groups is 2. The summed E-state index contributed by atoms with van der Waals surface area (Å²) in [4.78, 5) is 28.6. The van der Waals surface area contributed by atoms with Gasteiger partial charge in [-0.05, 0) is 31.5 Å². The number of rotatable bonds is 2. The van der Waals surface area contributed by atoms with Gasteiger partial charge in [-0.15, -0.1) is 0 Å². The first-order chi connectivity index (χ1) is 10.8. The van der Waals surface area contributed by atoms with Crippen molar-refractivity contribution in [3.63, 3.8) is 0 Å². The van der Waals surface area contributed by atoms with Crippen LogP contribution in [0.25, 0.3) is 0 Å². The smallest absolute Gasteiger partial charge is 0.415 e. The largest absolute Gasteiger partial charge is 0.478 e. The van der Waals surface area contributed by atoms with Crippen LogP contribution in [0.3, 0.4) is 0 Å². The lowest BCUT2D eigenvalue weighted by molar-refractivity contribution is -0.133. The number of allylic oxidation sites excluding steroid dienone is 1. The number of aliphatic imine (C=N–C) groups is 1. The molecule has 2 rings (SSSR count). The van der Waals surface area contributed by atoms with Crippen LogP contribution in [0.5, 0.6) is 0 Å². The first kappa shape index (κ1) is 16.6. The fourth-order valence-electron chi connectivity index (χ4n) is 2.48. The van der Waals surface area contributed by atoms with Crippen molar-refractivity contribution in [2.45, 2.75) is 19.9 Å². The minimum atomic E-state index is -1.32. The molecule has 1 aliphatic rings. The monoisotopic (exact) mass is 324 g/mol. The summed E-state index contributed by atoms with van der Waals surface area (Å²) in [7, 11) is 1.13. The van der Waals surface area contributed by atoms with Crippen LogP contribution >= 0.6 is 0 Å². The Morgan fingerprint density at radius 3 is 2.43 bits per heavy atom. The standard InChI is InChI=1S/C15H14F2N2O4/c1-7-12(14(20)21)13(9-4-5-10(16)11(17)6-9)19(8(2)18-7)15(22)23-3/h4-6,13H,1-3H3,(H,20,21). The number of carbonyl (C=O) groups excluding carboxylic acids is 1. The van der Waals surface area contributed by atoms with Gasteiger partial charge in [0, 0.05) is 0 Å². The molecule has 0 fully saturated rings. The number of halogens is 2. The van der Waals surface area contributed by atoms with Crippen LogP contribution in [0.15, 0.2) is 34.5 Å². The van der Waals surface area contributed by atoms with Gasteiger partial charge >= 0.3 is 12.1 Å². The molecule has 0 saturated heterocycles. The maximum Gasteiger partial charge on any atom is 0.415 e. The normalized spacial score (nSPS) is 17.9. The van der Waals surface area contributed by atoms with Crippen molar-refractivity contribution < 1.29 is 28.2 Å². The van der Waals surface area contributed by atoms with Crippen molar-refractivity contribution in [1.29, 1.82) is 0 Å². The third-order valence-corrected chi connectivity index (χ3v) is 3.46. The zero-order valence-electron chi connectivity index (χ0n) is 12.6. The van der Waals surface area contributed by atoms with Crippen molar-refractivity contribution in [2.75, 3.05) is 7.11 Å². The Hall–Kier alpha value is -2.77. The van der Waals surface area contributed by atoms with E-state index in [-0.39, 0.29) is 22.7 Å². The molecule has 0 spiro atoms. The SMILES string of the molecule is COC(=O)N1C(C)=NC(C)=C(C(=O)O)C1c1ccc(F)c(F)c1. The van der Waals surface area contributed by atoms with E-state index < -0.39 is 29.7 Å². The molecule has 1 aromatic carbocycles. The van der Waals surface area contributed by atoms with E-state index in [0.717, 1.165) is 24.1 Å². The van der Waals surface area contributed by atoms with E-state index >= 15 is 0 Å². The summed E-state index contributed by atoms with van der Waals surface area (Å²) < 4.78 is 31.4. The molecule has 8 heteroatoms. The highest BCUT2D eigenvalue weighted by Gasteiger charge is 2.38. The number of hydrogen-bond acceptors (Lipinski definition) is 4. The molecule has 1 aromatic rings. The second-order valence-corrected chi connectivity index (χ2v) is 4.88. The van der Waals surface area contributed by atoms with Crippen LogP contribution in [0.1, 0.15) is 25.5 Å². The Morgan fingerprint density at radius 1 is 1.26 bits per heavy atom. The Kier molecular flexibility index (Phi) is 4.44. The molecule has 1 unspecified atom stereocenters. The van der Waals surface area contributed by atoms with E-state index in [1.807, 2.05) is 0 Å². The number of nitrogens with zero attached hydrogens (tertiary/aromatic N) is 2. The van der Waals surface area contributed by atoms with Crippen molar-refractivity contribution in [3.8, 4) is 0 Å². The summed E-state index contributed by atoms with van der Waals surface area (Å²) in [5.74, 6) is -3.34. The summed E-state index contributed by atoms with van der Waals surface area (Å²) in [6.45, 7) is 2.96. The summed E-state index contributed by atoms with van der Waals surface area (Å²) in [6.07, 6.45) is -0.854. The molecule has 1 atom stereocenters. The summed E-state index contributed by atoms with van der Waals surface area (Å²) in [6, 6.07) is 1.77. The molecule has 1 amide bonds. The predicted octanol–water partition coefficient (Wildman–Crippen LogP) is 2.86. The number of aliphatic carboxylic acids is 1. The average Bonchev–Trinajstić information content (AvgIpc) is 2.48. The maximum atomic E-state index is 13.6. The molecule has 0 radical (unpaired) electrons. The van der Waals surface area contributed by atoms with Gasteiger partial charge in [-0.25, -0.2) is 23.4 Å². The minimum Gasteiger partial charge on any atom is -0.478 e. The fraction of sp³-hybridized carbons (Fsp3) is 0.267. The molecular weight excluding hydrogens is 310 g/mol. The number of benzene rings is 1. The van der Waals surface area contributed by atoms with E-state index in [9.17, 15) is 23.5 Å². The molecule has 6 nitrogen and oxygen atoms in total. The number of amidine groups is 1. The van der Waals surface area contributed by atoms with Gasteiger partial charge in [0.05, 0.1) is 18.4 Å². The van der Waals surface area contributed by atoms with Gasteiger partial charge < -0.3 is 9.84 Å². The molecule has 1 aliphatic heterocycles. The highest BCUT2D eigenvalue weighted by Crippen LogP contribution is 2.36. The zero-order chi connectivity index (χ0) is 17.3. The molecular formula is C15H14F2N2O4. The van der Waals surface area contributed by atoms with Gasteiger partial charge in [0.1, 0.15) is 11.9 Å². The first-order valence-electron chi connectivity index (χ1n) is 6.59. The average molecular weight is 324 g/mol. The van der Waals surface area contributed by atoms with Gasteiger partial charge in [0.2, 0.25) is 0 Å². The highest BCUT2D eigenvalue weighted by atomic mass is 19.2. The van der Waals surface area contributed by atoms with E-state index in [4.69, 9.17) is 0 Å². The lowest BCUT2D eigenvalue weighted by Crippen LogP contribution is -2.43. The molecule has 1 N–H and O–H groups in total. The van der Waals surface area contributed by atoms with E-state index in [2.05, 4.69) is 9.73 Å². The summed E-state index contributed by atoms with van der Waals surface area (Å²) >= 11 is 0. The van der Waals surface area contributed by atoms with Crippen LogP contribution in [-0.2, 0) is 9.53 Å². The fourth-order valence-corrected chi connectivity index (χ4v) is 2.48. The van der Waals surface area contributed by atoms with Crippen molar-refractivity contribution in [3.05, 3.63) is 46.7 Å². The summed E-state index contributed by atoms with van der Waals surface area (Å²) in [5, 5.41) is 9.45. The quantitative estimate of drug-likeness (QED) is 0.907. The Labute approximate surface area is 130 Å². The van der Waals surface area contributed by atoms with Gasteiger partial charge in [-0.1, -0.05) is 6.07 Å². The topological polar surface area (TPSA) is 79.2 Å². The molecule has 0 saturated carbocycles. The second-order valence-electron chi connectivity index (χ2n) is 4.88. The number of ether oxygens (including phenoxy) is 1. The molecule has 0 aliphatic carbocycles. The van der Waals surface area contributed by atoms with Gasteiger partial charge in [-0.3, -0.25) is 4.90 Å². The van der Waals surface area contributed by atoms with Crippen molar-refractivity contribution in [2.24, 2.45) is 4.99 Å². The Morgan fingerprint density at radius 2 is 1.91 bits per heavy atom. The second kappa shape index (κ2) is 6.15. The molecule has 122 valence electrons. The maximum absolute atomic E-state index is 13.6. The van der Waals surface area contributed by atoms with Crippen LogP contribution in [0, 0.1) is 11.6 Å². The minimum absolute atomic E-state index is 0.0975. The van der Waals surface area contributed by atoms with Crippen LogP contribution in [0.2, 0.25) is 0 Å². The molecule has 0 aromatic heterocycles. The van der Waals surface area contributed by atoms with Crippen LogP contribution < -0.4 is 0 Å². The third kappa shape index (κ3) is 2.92. The van der Waals surface area contributed by atoms with Gasteiger partial charge in [0.15, 0.2) is 11.6 Å². The predicted molar refractivity (Wildman–Crippen MR) is 76.8 cm³/mol. The molecule has 1 heterocycles. The summed E-state index contributed by atoms with van der Waals surface area (Å²) in [5.41, 5.74) is 0.0530. The molecule has 0 bridgehead atoms. The number of carboxylic acids is 1. The van der Waals surface area contributed by atoms with E-state index in [0.29, 0.717) is 0 Å². The molecule has 23 heavy (non-hydrogen) atoms. The first-order valence-corrected chi connectivity index (χ1v) is 6.59. The Bertz CT molecular complexity index is 743.